The SMILES string of the molecule is c1ccc(-[n+]2c(-c3ccc(-c4nc5ccccc5n4-c4ccc(-c5nc(-c6cc7ccccc7c7ccccc67)nc(-c6cc7ccccc7c7ccccc67)n5)cc4)cc3)[nH]c3ccccc32)cc1. The number of benzene rings is 11. The summed E-state index contributed by atoms with van der Waals surface area (Å²) in [5.41, 5.74) is 11.1. The number of nitrogens with one attached hydrogen (secondary N) is 1. The number of aromatic nitrogens is 7. The fourth-order valence-corrected chi connectivity index (χ4v) is 10.4. The molecule has 11 aromatic carbocycles. The summed E-state index contributed by atoms with van der Waals surface area (Å²) >= 11 is 0. The van der Waals surface area contributed by atoms with Crippen LogP contribution >= 0.6 is 0 Å². The molecule has 0 radical (unpaired) electrons. The molecular formula is C63H40N7+. The summed E-state index contributed by atoms with van der Waals surface area (Å²) < 4.78 is 4.53. The van der Waals surface area contributed by atoms with E-state index < -0.39 is 0 Å². The van der Waals surface area contributed by atoms with E-state index in [4.69, 9.17) is 19.9 Å². The van der Waals surface area contributed by atoms with Gasteiger partial charge in [0.1, 0.15) is 11.5 Å². The molecule has 0 saturated heterocycles. The Morgan fingerprint density at radius 1 is 0.371 bits per heavy atom. The molecule has 14 rings (SSSR count). The summed E-state index contributed by atoms with van der Waals surface area (Å²) in [6.45, 7) is 0. The highest BCUT2D eigenvalue weighted by molar-refractivity contribution is 6.15. The van der Waals surface area contributed by atoms with E-state index in [9.17, 15) is 0 Å². The average Bonchev–Trinajstić information content (AvgIpc) is 4.03. The van der Waals surface area contributed by atoms with Crippen LogP contribution in [0, 0.1) is 0 Å². The van der Waals surface area contributed by atoms with Crippen LogP contribution < -0.4 is 4.57 Å². The molecule has 0 aliphatic carbocycles. The van der Waals surface area contributed by atoms with E-state index >= 15 is 0 Å². The summed E-state index contributed by atoms with van der Waals surface area (Å²) in [5, 5.41) is 9.15. The number of nitrogens with zero attached hydrogens (tertiary/aromatic N) is 6. The predicted molar refractivity (Wildman–Crippen MR) is 285 cm³/mol. The van der Waals surface area contributed by atoms with Crippen LogP contribution in [0.1, 0.15) is 0 Å². The molecule has 0 unspecified atom stereocenters. The maximum atomic E-state index is 5.37. The maximum Gasteiger partial charge on any atom is 0.292 e. The smallest absolute Gasteiger partial charge is 0.292 e. The van der Waals surface area contributed by atoms with Crippen LogP contribution in [0.3, 0.4) is 0 Å². The third-order valence-electron chi connectivity index (χ3n) is 13.7. The van der Waals surface area contributed by atoms with Crippen molar-refractivity contribution in [1.82, 2.24) is 29.5 Å². The fourth-order valence-electron chi connectivity index (χ4n) is 10.4. The van der Waals surface area contributed by atoms with Crippen LogP contribution in [0.4, 0.5) is 0 Å². The van der Waals surface area contributed by atoms with Crippen molar-refractivity contribution in [2.45, 2.75) is 0 Å². The molecule has 7 heteroatoms. The Kier molecular flexibility index (Phi) is 9.07. The summed E-state index contributed by atoms with van der Waals surface area (Å²) in [5.74, 6) is 3.70. The number of imidazole rings is 2. The van der Waals surface area contributed by atoms with Crippen LogP contribution in [0.2, 0.25) is 0 Å². The van der Waals surface area contributed by atoms with E-state index in [1.165, 1.54) is 10.8 Å². The highest BCUT2D eigenvalue weighted by Crippen LogP contribution is 2.39. The summed E-state index contributed by atoms with van der Waals surface area (Å²) in [6, 6.07) is 83.1. The number of rotatable bonds is 7. The van der Waals surface area contributed by atoms with Crippen molar-refractivity contribution in [2.75, 3.05) is 0 Å². The van der Waals surface area contributed by atoms with Gasteiger partial charge in [-0.05, 0) is 128 Å². The predicted octanol–water partition coefficient (Wildman–Crippen LogP) is 14.9. The number of fused-ring (bicyclic) bond motifs is 8. The third kappa shape index (κ3) is 6.48. The monoisotopic (exact) mass is 894 g/mol. The van der Waals surface area contributed by atoms with Gasteiger partial charge in [-0.25, -0.2) is 24.9 Å². The number of hydrogen-bond acceptors (Lipinski definition) is 4. The molecule has 326 valence electrons. The van der Waals surface area contributed by atoms with Gasteiger partial charge >= 0.3 is 0 Å². The second-order valence-corrected chi connectivity index (χ2v) is 17.7. The van der Waals surface area contributed by atoms with Gasteiger partial charge in [-0.15, -0.1) is 0 Å². The summed E-state index contributed by atoms with van der Waals surface area (Å²) in [6.07, 6.45) is 0. The topological polar surface area (TPSA) is 76.2 Å². The molecule has 0 aliphatic rings. The van der Waals surface area contributed by atoms with Crippen molar-refractivity contribution in [1.29, 1.82) is 0 Å². The van der Waals surface area contributed by atoms with E-state index in [2.05, 4.69) is 245 Å². The lowest BCUT2D eigenvalue weighted by molar-refractivity contribution is -0.554. The minimum atomic E-state index is 0.594. The van der Waals surface area contributed by atoms with Gasteiger partial charge in [-0.3, -0.25) is 4.57 Å². The van der Waals surface area contributed by atoms with Gasteiger partial charge in [0.2, 0.25) is 0 Å². The van der Waals surface area contributed by atoms with Gasteiger partial charge in [0.25, 0.3) is 5.82 Å². The van der Waals surface area contributed by atoms with Gasteiger partial charge in [0.05, 0.1) is 16.6 Å². The normalized spacial score (nSPS) is 11.7. The van der Waals surface area contributed by atoms with Crippen LogP contribution in [-0.4, -0.2) is 29.5 Å². The Morgan fingerprint density at radius 2 is 0.871 bits per heavy atom. The second kappa shape index (κ2) is 16.0. The zero-order valence-electron chi connectivity index (χ0n) is 37.7. The van der Waals surface area contributed by atoms with Crippen molar-refractivity contribution >= 4 is 65.2 Å². The fraction of sp³-hybridized carbons (Fsp3) is 0. The standard InChI is InChI=1S/C63H39N7/c1-2-18-45(19-3-1)69-57-28-14-12-26-55(57)64-62(69)41-30-32-42(33-31-41)63-65-56-27-13-15-29-58(56)70(63)46-36-34-40(35-37-46)59-66-60(53-38-43-16-4-6-20-47(43)49-22-8-10-24-51(49)53)68-61(67-59)54-39-44-17-5-7-21-48(44)50-23-9-11-25-52(50)54/h1-39H/p+1. The molecule has 0 fully saturated rings. The Bertz CT molecular complexity index is 4210. The maximum absolute atomic E-state index is 5.37. The number of hydrogen-bond donors (Lipinski definition) is 1. The first kappa shape index (κ1) is 39.6. The molecule has 3 aromatic heterocycles. The van der Waals surface area contributed by atoms with E-state index in [1.54, 1.807) is 0 Å². The molecule has 0 saturated carbocycles. The van der Waals surface area contributed by atoms with E-state index in [0.29, 0.717) is 17.5 Å². The molecular weight excluding hydrogens is 855 g/mol. The van der Waals surface area contributed by atoms with Gasteiger partial charge in [-0.1, -0.05) is 152 Å². The summed E-state index contributed by atoms with van der Waals surface area (Å²) in [7, 11) is 0. The Labute approximate surface area is 402 Å². The Hall–Kier alpha value is -9.59. The van der Waals surface area contributed by atoms with Gasteiger partial charge in [-0.2, -0.15) is 4.57 Å². The van der Waals surface area contributed by atoms with Gasteiger partial charge in [0.15, 0.2) is 28.5 Å². The zero-order chi connectivity index (χ0) is 46.1. The van der Waals surface area contributed by atoms with Crippen molar-refractivity contribution in [2.24, 2.45) is 0 Å². The Morgan fingerprint density at radius 3 is 1.53 bits per heavy atom. The molecule has 3 heterocycles. The first-order valence-corrected chi connectivity index (χ1v) is 23.6. The zero-order valence-corrected chi connectivity index (χ0v) is 37.7. The quantitative estimate of drug-likeness (QED) is 0.128. The van der Waals surface area contributed by atoms with Crippen LogP contribution in [0.15, 0.2) is 237 Å². The van der Waals surface area contributed by atoms with Crippen LogP contribution in [0.25, 0.3) is 133 Å². The van der Waals surface area contributed by atoms with E-state index in [-0.39, 0.29) is 0 Å². The molecule has 14 aromatic rings. The lowest BCUT2D eigenvalue weighted by Crippen LogP contribution is -2.31. The number of aromatic amines is 1. The van der Waals surface area contributed by atoms with Crippen LogP contribution in [-0.2, 0) is 0 Å². The van der Waals surface area contributed by atoms with E-state index in [0.717, 1.165) is 105 Å². The van der Waals surface area contributed by atoms with Gasteiger partial charge in [0, 0.05) is 27.9 Å². The lowest BCUT2D eigenvalue weighted by atomic mass is 9.96. The molecule has 70 heavy (non-hydrogen) atoms. The number of para-hydroxylation sites is 5. The Balaban J connectivity index is 0.909. The van der Waals surface area contributed by atoms with Gasteiger partial charge < -0.3 is 0 Å². The third-order valence-corrected chi connectivity index (χ3v) is 13.7. The first-order valence-electron chi connectivity index (χ1n) is 23.6. The largest absolute Gasteiger partial charge is 0.292 e. The van der Waals surface area contributed by atoms with Crippen molar-refractivity contribution in [3.8, 4) is 68.3 Å². The van der Waals surface area contributed by atoms with Crippen molar-refractivity contribution < 1.29 is 4.57 Å². The summed E-state index contributed by atoms with van der Waals surface area (Å²) in [4.78, 5) is 25.0. The molecule has 7 nitrogen and oxygen atoms in total. The minimum Gasteiger partial charge on any atom is -0.292 e. The molecule has 0 aliphatic heterocycles. The molecule has 0 bridgehead atoms. The molecule has 1 N–H and O–H groups in total. The molecule has 0 atom stereocenters. The van der Waals surface area contributed by atoms with Crippen molar-refractivity contribution in [3.63, 3.8) is 0 Å². The second-order valence-electron chi connectivity index (χ2n) is 17.7. The average molecular weight is 895 g/mol. The molecule has 0 amide bonds. The first-order chi connectivity index (χ1) is 34.7. The lowest BCUT2D eigenvalue weighted by Gasteiger charge is -2.14. The van der Waals surface area contributed by atoms with Crippen LogP contribution in [0.5, 0.6) is 0 Å². The van der Waals surface area contributed by atoms with Crippen molar-refractivity contribution in [3.05, 3.63) is 237 Å². The highest BCUT2D eigenvalue weighted by atomic mass is 15.1. The number of H-pyrrole nitrogens is 1. The highest BCUT2D eigenvalue weighted by Gasteiger charge is 2.24. The molecule has 0 spiro atoms. The minimum absolute atomic E-state index is 0.594. The van der Waals surface area contributed by atoms with E-state index in [1.807, 2.05) is 6.07 Å².